The average molecular weight is 329 g/mol. The summed E-state index contributed by atoms with van der Waals surface area (Å²) >= 11 is 8.66. The quantitative estimate of drug-likeness (QED) is 0.651. The van der Waals surface area contributed by atoms with E-state index in [1.165, 1.54) is 23.3 Å². The van der Waals surface area contributed by atoms with Gasteiger partial charge in [0.25, 0.3) is 0 Å². The monoisotopic (exact) mass is 328 g/mol. The number of rotatable bonds is 5. The number of anilines is 2. The number of nitrogens with one attached hydrogen (secondary N) is 1. The van der Waals surface area contributed by atoms with Crippen LogP contribution in [0.5, 0.6) is 0 Å². The third-order valence-corrected chi connectivity index (χ3v) is 4.54. The summed E-state index contributed by atoms with van der Waals surface area (Å²) in [6, 6.07) is 4.97. The third kappa shape index (κ3) is 4.09. The van der Waals surface area contributed by atoms with E-state index < -0.39 is 0 Å². The number of nitrogens with zero attached hydrogens (tertiary/aromatic N) is 2. The van der Waals surface area contributed by atoms with Crippen LogP contribution in [0.3, 0.4) is 0 Å². The topological polar surface area (TPSA) is 80.9 Å². The molecule has 1 aromatic heterocycles. The van der Waals surface area contributed by atoms with Gasteiger partial charge in [-0.2, -0.15) is 4.37 Å². The molecule has 20 heavy (non-hydrogen) atoms. The van der Waals surface area contributed by atoms with Gasteiger partial charge in [0.1, 0.15) is 5.82 Å². The highest BCUT2D eigenvalue weighted by Crippen LogP contribution is 2.25. The van der Waals surface area contributed by atoms with E-state index in [2.05, 4.69) is 14.7 Å². The van der Waals surface area contributed by atoms with Crippen molar-refractivity contribution in [1.82, 2.24) is 9.36 Å². The standard InChI is InChI=1S/C12H13ClN4OS2/c1-2-10-16-12(20-17-10)19-6-11(18)15-9-4-3-7(14)5-8(9)13/h3-5H,2,6,14H2,1H3,(H,15,18). The second-order valence-electron chi connectivity index (χ2n) is 3.91. The van der Waals surface area contributed by atoms with Crippen molar-refractivity contribution in [2.24, 2.45) is 0 Å². The van der Waals surface area contributed by atoms with Gasteiger partial charge in [-0.05, 0) is 29.7 Å². The molecule has 0 saturated heterocycles. The minimum atomic E-state index is -0.144. The number of nitrogens with two attached hydrogens (primary N) is 1. The molecule has 2 aromatic rings. The molecule has 0 radical (unpaired) electrons. The highest BCUT2D eigenvalue weighted by Gasteiger charge is 2.09. The molecule has 0 aliphatic heterocycles. The first-order valence-electron chi connectivity index (χ1n) is 5.88. The number of amides is 1. The molecule has 2 rings (SSSR count). The van der Waals surface area contributed by atoms with Gasteiger partial charge in [0.2, 0.25) is 5.91 Å². The summed E-state index contributed by atoms with van der Waals surface area (Å²) in [6.07, 6.45) is 0.796. The van der Waals surface area contributed by atoms with Crippen LogP contribution in [-0.4, -0.2) is 21.0 Å². The van der Waals surface area contributed by atoms with E-state index in [0.717, 1.165) is 16.6 Å². The van der Waals surface area contributed by atoms with Crippen molar-refractivity contribution in [3.8, 4) is 0 Å². The Morgan fingerprint density at radius 1 is 1.55 bits per heavy atom. The zero-order valence-electron chi connectivity index (χ0n) is 10.7. The summed E-state index contributed by atoms with van der Waals surface area (Å²) in [5.41, 5.74) is 6.71. The third-order valence-electron chi connectivity index (χ3n) is 2.36. The molecular weight excluding hydrogens is 316 g/mol. The fourth-order valence-corrected chi connectivity index (χ4v) is 3.12. The molecule has 1 heterocycles. The number of carbonyl (C=O) groups is 1. The molecule has 3 N–H and O–H groups in total. The highest BCUT2D eigenvalue weighted by atomic mass is 35.5. The zero-order valence-corrected chi connectivity index (χ0v) is 13.1. The van der Waals surface area contributed by atoms with Gasteiger partial charge in [0.15, 0.2) is 4.34 Å². The maximum atomic E-state index is 11.8. The molecular formula is C12H13ClN4OS2. The van der Waals surface area contributed by atoms with Gasteiger partial charge in [-0.3, -0.25) is 4.79 Å². The molecule has 0 atom stereocenters. The molecule has 0 bridgehead atoms. The van der Waals surface area contributed by atoms with Gasteiger partial charge < -0.3 is 11.1 Å². The van der Waals surface area contributed by atoms with Crippen molar-refractivity contribution in [1.29, 1.82) is 0 Å². The Balaban J connectivity index is 1.89. The van der Waals surface area contributed by atoms with Crippen LogP contribution in [-0.2, 0) is 11.2 Å². The predicted octanol–water partition coefficient (Wildman–Crippen LogP) is 3.07. The summed E-state index contributed by atoms with van der Waals surface area (Å²) in [4.78, 5) is 16.1. The minimum absolute atomic E-state index is 0.144. The lowest BCUT2D eigenvalue weighted by Crippen LogP contribution is -2.14. The summed E-state index contributed by atoms with van der Waals surface area (Å²) < 4.78 is 4.96. The van der Waals surface area contributed by atoms with Crippen molar-refractivity contribution in [3.05, 3.63) is 29.0 Å². The lowest BCUT2D eigenvalue weighted by atomic mass is 10.3. The summed E-state index contributed by atoms with van der Waals surface area (Å²) in [5.74, 6) is 0.924. The van der Waals surface area contributed by atoms with E-state index in [-0.39, 0.29) is 11.7 Å². The number of carbonyl (C=O) groups excluding carboxylic acids is 1. The smallest absolute Gasteiger partial charge is 0.234 e. The zero-order chi connectivity index (χ0) is 14.5. The molecule has 5 nitrogen and oxygen atoms in total. The first kappa shape index (κ1) is 15.1. The molecule has 8 heteroatoms. The summed E-state index contributed by atoms with van der Waals surface area (Å²) in [5, 5.41) is 3.16. The Morgan fingerprint density at radius 2 is 2.35 bits per heavy atom. The Bertz CT molecular complexity index is 617. The van der Waals surface area contributed by atoms with Crippen molar-refractivity contribution in [2.75, 3.05) is 16.8 Å². The van der Waals surface area contributed by atoms with Crippen LogP contribution in [0.2, 0.25) is 5.02 Å². The number of thioether (sulfide) groups is 1. The SMILES string of the molecule is CCc1nsc(SCC(=O)Nc2ccc(N)cc2Cl)n1. The number of halogens is 1. The first-order chi connectivity index (χ1) is 9.58. The minimum Gasteiger partial charge on any atom is -0.399 e. The van der Waals surface area contributed by atoms with Gasteiger partial charge in [-0.15, -0.1) is 0 Å². The van der Waals surface area contributed by atoms with Crippen molar-refractivity contribution in [3.63, 3.8) is 0 Å². The van der Waals surface area contributed by atoms with Crippen molar-refractivity contribution in [2.45, 2.75) is 17.7 Å². The van der Waals surface area contributed by atoms with E-state index in [4.69, 9.17) is 17.3 Å². The second kappa shape index (κ2) is 6.92. The van der Waals surface area contributed by atoms with Crippen LogP contribution < -0.4 is 11.1 Å². The van der Waals surface area contributed by atoms with E-state index in [1.54, 1.807) is 18.2 Å². The maximum absolute atomic E-state index is 11.8. The van der Waals surface area contributed by atoms with Crippen LogP contribution in [0.4, 0.5) is 11.4 Å². The van der Waals surface area contributed by atoms with E-state index >= 15 is 0 Å². The molecule has 0 unspecified atom stereocenters. The van der Waals surface area contributed by atoms with Crippen LogP contribution >= 0.6 is 34.9 Å². The fourth-order valence-electron chi connectivity index (χ4n) is 1.39. The molecule has 106 valence electrons. The van der Waals surface area contributed by atoms with Gasteiger partial charge in [-0.1, -0.05) is 30.3 Å². The number of nitrogen functional groups attached to an aromatic ring is 1. The average Bonchev–Trinajstić information content (AvgIpc) is 2.88. The summed E-state index contributed by atoms with van der Waals surface area (Å²) in [7, 11) is 0. The van der Waals surface area contributed by atoms with Gasteiger partial charge in [0, 0.05) is 12.1 Å². The largest absolute Gasteiger partial charge is 0.399 e. The van der Waals surface area contributed by atoms with Crippen molar-refractivity contribution >= 4 is 52.2 Å². The molecule has 0 fully saturated rings. The Hall–Kier alpha value is -1.31. The molecule has 0 spiro atoms. The number of aromatic nitrogens is 2. The summed E-state index contributed by atoms with van der Waals surface area (Å²) in [6.45, 7) is 1.99. The molecule has 0 saturated carbocycles. The fraction of sp³-hybridized carbons (Fsp3) is 0.250. The molecule has 0 aliphatic rings. The van der Waals surface area contributed by atoms with Crippen LogP contribution in [0.25, 0.3) is 0 Å². The Labute approximate surface area is 130 Å². The van der Waals surface area contributed by atoms with Crippen molar-refractivity contribution < 1.29 is 4.79 Å². The number of aryl methyl sites for hydroxylation is 1. The molecule has 1 amide bonds. The normalized spacial score (nSPS) is 10.5. The lowest BCUT2D eigenvalue weighted by Gasteiger charge is -2.06. The Morgan fingerprint density at radius 3 is 3.00 bits per heavy atom. The molecule has 0 aliphatic carbocycles. The van der Waals surface area contributed by atoms with Crippen LogP contribution in [0, 0.1) is 0 Å². The van der Waals surface area contributed by atoms with Gasteiger partial charge in [0.05, 0.1) is 16.5 Å². The number of hydrogen-bond donors (Lipinski definition) is 2. The van der Waals surface area contributed by atoms with Crippen LogP contribution in [0.15, 0.2) is 22.5 Å². The molecule has 1 aromatic carbocycles. The highest BCUT2D eigenvalue weighted by molar-refractivity contribution is 8.01. The van der Waals surface area contributed by atoms with Gasteiger partial charge in [-0.25, -0.2) is 4.98 Å². The first-order valence-corrected chi connectivity index (χ1v) is 8.02. The number of hydrogen-bond acceptors (Lipinski definition) is 6. The predicted molar refractivity (Wildman–Crippen MR) is 84.5 cm³/mol. The van der Waals surface area contributed by atoms with Crippen LogP contribution in [0.1, 0.15) is 12.7 Å². The maximum Gasteiger partial charge on any atom is 0.234 e. The second-order valence-corrected chi connectivity index (χ2v) is 6.29. The van der Waals surface area contributed by atoms with Gasteiger partial charge >= 0.3 is 0 Å². The van der Waals surface area contributed by atoms with E-state index in [0.29, 0.717) is 16.4 Å². The lowest BCUT2D eigenvalue weighted by molar-refractivity contribution is -0.113. The Kier molecular flexibility index (Phi) is 5.22. The number of benzene rings is 1. The van der Waals surface area contributed by atoms with E-state index in [9.17, 15) is 4.79 Å². The van der Waals surface area contributed by atoms with E-state index in [1.807, 2.05) is 6.92 Å².